The van der Waals surface area contributed by atoms with E-state index in [9.17, 15) is 10.1 Å². The summed E-state index contributed by atoms with van der Waals surface area (Å²) in [5.41, 5.74) is 2.60. The average Bonchev–Trinajstić information content (AvgIpc) is 3.18. The summed E-state index contributed by atoms with van der Waals surface area (Å²) < 4.78 is 11.2. The lowest BCUT2D eigenvalue weighted by molar-refractivity contribution is -0.115. The van der Waals surface area contributed by atoms with E-state index >= 15 is 0 Å². The first-order valence-corrected chi connectivity index (χ1v) is 9.70. The van der Waals surface area contributed by atoms with Gasteiger partial charge in [-0.15, -0.1) is 11.3 Å². The topological polar surface area (TPSA) is 71.3 Å². The van der Waals surface area contributed by atoms with Gasteiger partial charge < -0.3 is 14.8 Å². The van der Waals surface area contributed by atoms with E-state index in [1.54, 1.807) is 0 Å². The number of hydrogen-bond donors (Lipinski definition) is 1. The van der Waals surface area contributed by atoms with E-state index in [2.05, 4.69) is 11.4 Å². The number of thiophene rings is 1. The SMILES string of the molecule is CCOc1ccc(CC(=O)Nc2sc3c(c2C#N)CCC3)cc1OCC. The number of carbonyl (C=O) groups is 1. The van der Waals surface area contributed by atoms with Crippen LogP contribution in [0.25, 0.3) is 0 Å². The molecule has 0 unspecified atom stereocenters. The molecule has 26 heavy (non-hydrogen) atoms. The molecular formula is C20H22N2O3S. The number of carbonyl (C=O) groups excluding carboxylic acids is 1. The molecule has 1 aliphatic rings. The van der Waals surface area contributed by atoms with E-state index in [4.69, 9.17) is 9.47 Å². The van der Waals surface area contributed by atoms with Crippen molar-refractivity contribution in [2.75, 3.05) is 18.5 Å². The quantitative estimate of drug-likeness (QED) is 0.797. The van der Waals surface area contributed by atoms with Crippen LogP contribution in [-0.4, -0.2) is 19.1 Å². The highest BCUT2D eigenvalue weighted by Crippen LogP contribution is 2.38. The van der Waals surface area contributed by atoms with Crippen LogP contribution in [0.1, 0.15) is 41.8 Å². The summed E-state index contributed by atoms with van der Waals surface area (Å²) in [4.78, 5) is 13.7. The third kappa shape index (κ3) is 3.83. The number of hydrogen-bond acceptors (Lipinski definition) is 5. The van der Waals surface area contributed by atoms with Gasteiger partial charge in [-0.2, -0.15) is 5.26 Å². The summed E-state index contributed by atoms with van der Waals surface area (Å²) in [6, 6.07) is 7.79. The van der Waals surface area contributed by atoms with Gasteiger partial charge in [-0.1, -0.05) is 6.07 Å². The maximum Gasteiger partial charge on any atom is 0.229 e. The molecule has 1 N–H and O–H groups in total. The molecule has 1 amide bonds. The molecule has 1 aromatic carbocycles. The Labute approximate surface area is 157 Å². The third-order valence-corrected chi connectivity index (χ3v) is 5.47. The summed E-state index contributed by atoms with van der Waals surface area (Å²) in [5, 5.41) is 13.0. The predicted octanol–water partition coefficient (Wildman–Crippen LogP) is 4.09. The number of aryl methyl sites for hydroxylation is 1. The van der Waals surface area contributed by atoms with E-state index in [1.807, 2.05) is 32.0 Å². The van der Waals surface area contributed by atoms with Gasteiger partial charge in [0, 0.05) is 4.88 Å². The van der Waals surface area contributed by atoms with E-state index in [-0.39, 0.29) is 12.3 Å². The van der Waals surface area contributed by atoms with Crippen molar-refractivity contribution in [1.29, 1.82) is 5.26 Å². The van der Waals surface area contributed by atoms with Crippen LogP contribution in [-0.2, 0) is 24.1 Å². The Balaban J connectivity index is 1.72. The van der Waals surface area contributed by atoms with Gasteiger partial charge in [0.2, 0.25) is 5.91 Å². The van der Waals surface area contributed by atoms with Gasteiger partial charge in [0.25, 0.3) is 0 Å². The average molecular weight is 370 g/mol. The van der Waals surface area contributed by atoms with Crippen LogP contribution in [0, 0.1) is 11.3 Å². The molecule has 0 fully saturated rings. The molecule has 0 saturated heterocycles. The number of anilines is 1. The summed E-state index contributed by atoms with van der Waals surface area (Å²) in [6.45, 7) is 4.92. The van der Waals surface area contributed by atoms with Crippen molar-refractivity contribution in [3.63, 3.8) is 0 Å². The lowest BCUT2D eigenvalue weighted by atomic mass is 10.1. The smallest absolute Gasteiger partial charge is 0.229 e. The second-order valence-electron chi connectivity index (χ2n) is 6.05. The monoisotopic (exact) mass is 370 g/mol. The molecule has 0 radical (unpaired) electrons. The Morgan fingerprint density at radius 3 is 2.73 bits per heavy atom. The second-order valence-corrected chi connectivity index (χ2v) is 7.15. The molecule has 2 aromatic rings. The maximum atomic E-state index is 12.5. The Kier molecular flexibility index (Phi) is 5.79. The van der Waals surface area contributed by atoms with Gasteiger partial charge in [-0.25, -0.2) is 0 Å². The van der Waals surface area contributed by atoms with Gasteiger partial charge in [0.15, 0.2) is 11.5 Å². The van der Waals surface area contributed by atoms with Crippen molar-refractivity contribution in [1.82, 2.24) is 0 Å². The van der Waals surface area contributed by atoms with Crippen molar-refractivity contribution in [2.45, 2.75) is 39.5 Å². The zero-order valence-corrected chi connectivity index (χ0v) is 15.9. The lowest BCUT2D eigenvalue weighted by Crippen LogP contribution is -2.14. The minimum atomic E-state index is -0.131. The van der Waals surface area contributed by atoms with Crippen LogP contribution in [0.2, 0.25) is 0 Å². The largest absolute Gasteiger partial charge is 0.490 e. The molecule has 5 nitrogen and oxygen atoms in total. The van der Waals surface area contributed by atoms with Crippen LogP contribution in [0.5, 0.6) is 11.5 Å². The predicted molar refractivity (Wildman–Crippen MR) is 102 cm³/mol. The first-order valence-electron chi connectivity index (χ1n) is 8.89. The van der Waals surface area contributed by atoms with Crippen molar-refractivity contribution < 1.29 is 14.3 Å². The second kappa shape index (κ2) is 8.24. The van der Waals surface area contributed by atoms with Gasteiger partial charge >= 0.3 is 0 Å². The van der Waals surface area contributed by atoms with E-state index < -0.39 is 0 Å². The molecule has 1 heterocycles. The number of nitrogens with one attached hydrogen (secondary N) is 1. The molecule has 6 heteroatoms. The third-order valence-electron chi connectivity index (χ3n) is 4.26. The highest BCUT2D eigenvalue weighted by molar-refractivity contribution is 7.16. The fraction of sp³-hybridized carbons (Fsp3) is 0.400. The summed E-state index contributed by atoms with van der Waals surface area (Å²) in [6.07, 6.45) is 3.25. The van der Waals surface area contributed by atoms with Crippen LogP contribution < -0.4 is 14.8 Å². The lowest BCUT2D eigenvalue weighted by Gasteiger charge is -2.12. The number of fused-ring (bicyclic) bond motifs is 1. The highest BCUT2D eigenvalue weighted by Gasteiger charge is 2.23. The number of ether oxygens (including phenoxy) is 2. The number of amides is 1. The minimum absolute atomic E-state index is 0.131. The summed E-state index contributed by atoms with van der Waals surface area (Å²) in [7, 11) is 0. The maximum absolute atomic E-state index is 12.5. The number of nitriles is 1. The van der Waals surface area contributed by atoms with E-state index in [0.717, 1.165) is 30.4 Å². The fourth-order valence-corrected chi connectivity index (χ4v) is 4.43. The molecule has 0 bridgehead atoms. The minimum Gasteiger partial charge on any atom is -0.490 e. The molecule has 0 spiro atoms. The van der Waals surface area contributed by atoms with Crippen molar-refractivity contribution in [2.24, 2.45) is 0 Å². The van der Waals surface area contributed by atoms with Crippen molar-refractivity contribution >= 4 is 22.2 Å². The first kappa shape index (κ1) is 18.3. The molecule has 0 aliphatic heterocycles. The highest BCUT2D eigenvalue weighted by atomic mass is 32.1. The number of nitrogens with zero attached hydrogens (tertiary/aromatic N) is 1. The summed E-state index contributed by atoms with van der Waals surface area (Å²) in [5.74, 6) is 1.19. The van der Waals surface area contributed by atoms with Gasteiger partial charge in [-0.3, -0.25) is 4.79 Å². The van der Waals surface area contributed by atoms with Crippen LogP contribution in [0.3, 0.4) is 0 Å². The van der Waals surface area contributed by atoms with Crippen molar-refractivity contribution in [3.05, 3.63) is 39.8 Å². The van der Waals surface area contributed by atoms with Crippen LogP contribution >= 0.6 is 11.3 Å². The van der Waals surface area contributed by atoms with Crippen LogP contribution in [0.4, 0.5) is 5.00 Å². The zero-order chi connectivity index (χ0) is 18.5. The van der Waals surface area contributed by atoms with Crippen LogP contribution in [0.15, 0.2) is 18.2 Å². The fourth-order valence-electron chi connectivity index (χ4n) is 3.17. The van der Waals surface area contributed by atoms with Gasteiger partial charge in [0.1, 0.15) is 11.1 Å². The normalized spacial score (nSPS) is 12.3. The van der Waals surface area contributed by atoms with E-state index in [0.29, 0.717) is 35.3 Å². The molecule has 0 atom stereocenters. The Hall–Kier alpha value is -2.52. The summed E-state index contributed by atoms with van der Waals surface area (Å²) >= 11 is 1.53. The van der Waals surface area contributed by atoms with Crippen molar-refractivity contribution in [3.8, 4) is 17.6 Å². The Morgan fingerprint density at radius 1 is 1.23 bits per heavy atom. The molecule has 0 saturated carbocycles. The molecular weight excluding hydrogens is 348 g/mol. The number of benzene rings is 1. The Bertz CT molecular complexity index is 851. The zero-order valence-electron chi connectivity index (χ0n) is 15.1. The Morgan fingerprint density at radius 2 is 2.00 bits per heavy atom. The van der Waals surface area contributed by atoms with E-state index in [1.165, 1.54) is 16.2 Å². The molecule has 1 aromatic heterocycles. The molecule has 1 aliphatic carbocycles. The molecule has 136 valence electrons. The standard InChI is InChI=1S/C20H22N2O3S/c1-3-24-16-9-8-13(10-17(16)25-4-2)11-19(23)22-20-15(12-21)14-6-5-7-18(14)26-20/h8-10H,3-7,11H2,1-2H3,(H,22,23). The number of rotatable bonds is 7. The van der Waals surface area contributed by atoms with Gasteiger partial charge in [0.05, 0.1) is 25.2 Å². The van der Waals surface area contributed by atoms with Gasteiger partial charge in [-0.05, 0) is 56.4 Å². The first-order chi connectivity index (χ1) is 12.7. The molecule has 3 rings (SSSR count).